The highest BCUT2D eigenvalue weighted by Crippen LogP contribution is 2.22. The summed E-state index contributed by atoms with van der Waals surface area (Å²) >= 11 is 0. The van der Waals surface area contributed by atoms with Crippen LogP contribution in [0.3, 0.4) is 0 Å². The Morgan fingerprint density at radius 1 is 1.23 bits per heavy atom. The Balaban J connectivity index is 1.62. The second-order valence-corrected chi connectivity index (χ2v) is 6.01. The van der Waals surface area contributed by atoms with Crippen LogP contribution in [0.1, 0.15) is 12.0 Å². The topological polar surface area (TPSA) is 73.2 Å². The van der Waals surface area contributed by atoms with Gasteiger partial charge in [-0.05, 0) is 6.07 Å². The van der Waals surface area contributed by atoms with Gasteiger partial charge in [-0.15, -0.1) is 0 Å². The van der Waals surface area contributed by atoms with Gasteiger partial charge in [-0.1, -0.05) is 18.2 Å². The highest BCUT2D eigenvalue weighted by molar-refractivity contribution is 5.78. The number of piperidine rings is 1. The van der Waals surface area contributed by atoms with Crippen LogP contribution in [0.25, 0.3) is 0 Å². The van der Waals surface area contributed by atoms with Crippen LogP contribution in [0.4, 0.5) is 0 Å². The van der Waals surface area contributed by atoms with E-state index in [1.54, 1.807) is 4.90 Å². The van der Waals surface area contributed by atoms with E-state index in [0.29, 0.717) is 39.2 Å². The zero-order valence-corrected chi connectivity index (χ0v) is 12.5. The van der Waals surface area contributed by atoms with Crippen LogP contribution in [0.15, 0.2) is 24.3 Å². The minimum absolute atomic E-state index is 0.0582. The molecule has 2 aliphatic rings. The van der Waals surface area contributed by atoms with Crippen molar-refractivity contribution < 1.29 is 19.7 Å². The maximum atomic E-state index is 12.4. The van der Waals surface area contributed by atoms with Crippen molar-refractivity contribution in [3.8, 4) is 5.75 Å². The quantitative estimate of drug-likeness (QED) is 0.794. The molecule has 0 spiro atoms. The molecule has 0 aliphatic carbocycles. The number of aliphatic hydroxyl groups excluding tert-OH is 2. The number of carbonyl (C=O) groups excluding carboxylic acids is 1. The standard InChI is InChI=1S/C16H22N2O4/c19-13-7-14(20)10-18(9-13)16(21)11-17-5-6-22-15-4-2-1-3-12(15)8-17/h1-4,13-14,19-20H,5-11H2/t13-,14-/m1/s1. The van der Waals surface area contributed by atoms with Crippen LogP contribution >= 0.6 is 0 Å². The van der Waals surface area contributed by atoms with Crippen LogP contribution in [-0.2, 0) is 11.3 Å². The Hall–Kier alpha value is -1.63. The van der Waals surface area contributed by atoms with Crippen LogP contribution in [0.2, 0.25) is 0 Å². The number of rotatable bonds is 2. The average Bonchev–Trinajstić information content (AvgIpc) is 2.67. The summed E-state index contributed by atoms with van der Waals surface area (Å²) in [6.45, 7) is 2.78. The molecule has 0 bridgehead atoms. The number of ether oxygens (including phenoxy) is 1. The minimum Gasteiger partial charge on any atom is -0.492 e. The number of amides is 1. The molecule has 6 heteroatoms. The Morgan fingerprint density at radius 3 is 2.73 bits per heavy atom. The van der Waals surface area contributed by atoms with Crippen molar-refractivity contribution in [2.45, 2.75) is 25.2 Å². The van der Waals surface area contributed by atoms with Gasteiger partial charge in [0.25, 0.3) is 0 Å². The van der Waals surface area contributed by atoms with Gasteiger partial charge in [0.05, 0.1) is 18.8 Å². The highest BCUT2D eigenvalue weighted by atomic mass is 16.5. The number of carbonyl (C=O) groups is 1. The first-order valence-corrected chi connectivity index (χ1v) is 7.69. The molecule has 2 aliphatic heterocycles. The first kappa shape index (κ1) is 15.3. The zero-order chi connectivity index (χ0) is 15.5. The van der Waals surface area contributed by atoms with Crippen LogP contribution in [-0.4, -0.2) is 70.9 Å². The third kappa shape index (κ3) is 3.58. The molecule has 1 aromatic rings. The fourth-order valence-corrected chi connectivity index (χ4v) is 3.06. The maximum Gasteiger partial charge on any atom is 0.236 e. The lowest BCUT2D eigenvalue weighted by molar-refractivity contribution is -0.139. The molecule has 1 amide bonds. The number of hydrogen-bond acceptors (Lipinski definition) is 5. The Kier molecular flexibility index (Phi) is 4.61. The van der Waals surface area contributed by atoms with E-state index in [1.165, 1.54) is 0 Å². The van der Waals surface area contributed by atoms with Gasteiger partial charge in [0.2, 0.25) is 5.91 Å². The van der Waals surface area contributed by atoms with E-state index in [0.717, 1.165) is 11.3 Å². The molecule has 22 heavy (non-hydrogen) atoms. The van der Waals surface area contributed by atoms with Crippen molar-refractivity contribution in [2.24, 2.45) is 0 Å². The van der Waals surface area contributed by atoms with E-state index < -0.39 is 12.2 Å². The monoisotopic (exact) mass is 306 g/mol. The molecule has 1 fully saturated rings. The molecule has 1 saturated heterocycles. The predicted molar refractivity (Wildman–Crippen MR) is 80.4 cm³/mol. The number of likely N-dealkylation sites (tertiary alicyclic amines) is 1. The number of hydrogen-bond donors (Lipinski definition) is 2. The number of nitrogens with zero attached hydrogens (tertiary/aromatic N) is 2. The molecular formula is C16H22N2O4. The smallest absolute Gasteiger partial charge is 0.236 e. The van der Waals surface area contributed by atoms with Crippen LogP contribution in [0, 0.1) is 0 Å². The Bertz CT molecular complexity index is 527. The molecule has 120 valence electrons. The van der Waals surface area contributed by atoms with E-state index in [1.807, 2.05) is 29.2 Å². The molecule has 2 N–H and O–H groups in total. The molecule has 3 rings (SSSR count). The third-order valence-electron chi connectivity index (χ3n) is 4.15. The maximum absolute atomic E-state index is 12.4. The van der Waals surface area contributed by atoms with Crippen molar-refractivity contribution in [2.75, 3.05) is 32.8 Å². The molecule has 0 unspecified atom stereocenters. The molecule has 2 atom stereocenters. The molecule has 1 aromatic carbocycles. The fourth-order valence-electron chi connectivity index (χ4n) is 3.06. The predicted octanol–water partition coefficient (Wildman–Crippen LogP) is -0.165. The normalized spacial score (nSPS) is 26.0. The SMILES string of the molecule is O=C(CN1CCOc2ccccc2C1)N1C[C@H](O)C[C@@H](O)C1. The molecule has 0 radical (unpaired) electrons. The van der Waals surface area contributed by atoms with Gasteiger partial charge < -0.3 is 19.8 Å². The number of fused-ring (bicyclic) bond motifs is 1. The summed E-state index contributed by atoms with van der Waals surface area (Å²) in [6, 6.07) is 7.85. The van der Waals surface area contributed by atoms with Gasteiger partial charge in [-0.3, -0.25) is 9.69 Å². The van der Waals surface area contributed by atoms with E-state index in [4.69, 9.17) is 4.74 Å². The lowest BCUT2D eigenvalue weighted by Crippen LogP contribution is -2.51. The van der Waals surface area contributed by atoms with E-state index in [-0.39, 0.29) is 12.5 Å². The van der Waals surface area contributed by atoms with Gasteiger partial charge in [0.15, 0.2) is 0 Å². The van der Waals surface area contributed by atoms with Crippen molar-refractivity contribution in [1.82, 2.24) is 9.80 Å². The summed E-state index contributed by atoms with van der Waals surface area (Å²) in [6.07, 6.45) is -0.934. The van der Waals surface area contributed by atoms with E-state index in [9.17, 15) is 15.0 Å². The van der Waals surface area contributed by atoms with Crippen molar-refractivity contribution >= 4 is 5.91 Å². The summed E-state index contributed by atoms with van der Waals surface area (Å²) in [4.78, 5) is 16.0. The lowest BCUT2D eigenvalue weighted by atomic mass is 10.1. The summed E-state index contributed by atoms with van der Waals surface area (Å²) in [5, 5.41) is 19.4. The molecular weight excluding hydrogens is 284 g/mol. The number of aliphatic hydroxyl groups is 2. The van der Waals surface area contributed by atoms with Gasteiger partial charge >= 0.3 is 0 Å². The average molecular weight is 306 g/mol. The zero-order valence-electron chi connectivity index (χ0n) is 12.5. The van der Waals surface area contributed by atoms with Crippen molar-refractivity contribution in [3.05, 3.63) is 29.8 Å². The second-order valence-electron chi connectivity index (χ2n) is 6.01. The van der Waals surface area contributed by atoms with Crippen LogP contribution < -0.4 is 4.74 Å². The highest BCUT2D eigenvalue weighted by Gasteiger charge is 2.29. The van der Waals surface area contributed by atoms with Crippen molar-refractivity contribution in [1.29, 1.82) is 0 Å². The number of benzene rings is 1. The Labute approximate surface area is 129 Å². The van der Waals surface area contributed by atoms with E-state index >= 15 is 0 Å². The second kappa shape index (κ2) is 6.64. The summed E-state index contributed by atoms with van der Waals surface area (Å²) in [5.41, 5.74) is 1.08. The van der Waals surface area contributed by atoms with Crippen LogP contribution in [0.5, 0.6) is 5.75 Å². The first-order chi connectivity index (χ1) is 10.6. The number of para-hydroxylation sites is 1. The van der Waals surface area contributed by atoms with Gasteiger partial charge in [0, 0.05) is 38.2 Å². The molecule has 0 aromatic heterocycles. The summed E-state index contributed by atoms with van der Waals surface area (Å²) in [7, 11) is 0. The lowest BCUT2D eigenvalue weighted by Gasteiger charge is -2.34. The number of β-amino-alcohol motifs (C(OH)–C–C–N with tert-alkyl or cyclic N) is 2. The summed E-state index contributed by atoms with van der Waals surface area (Å²) in [5.74, 6) is 0.818. The minimum atomic E-state index is -0.638. The van der Waals surface area contributed by atoms with Gasteiger partial charge in [-0.25, -0.2) is 0 Å². The van der Waals surface area contributed by atoms with Gasteiger partial charge in [-0.2, -0.15) is 0 Å². The van der Waals surface area contributed by atoms with E-state index in [2.05, 4.69) is 0 Å². The fraction of sp³-hybridized carbons (Fsp3) is 0.562. The molecule has 0 saturated carbocycles. The Morgan fingerprint density at radius 2 is 1.95 bits per heavy atom. The molecule has 6 nitrogen and oxygen atoms in total. The van der Waals surface area contributed by atoms with Crippen molar-refractivity contribution in [3.63, 3.8) is 0 Å². The largest absolute Gasteiger partial charge is 0.492 e. The third-order valence-corrected chi connectivity index (χ3v) is 4.15. The van der Waals surface area contributed by atoms with Gasteiger partial charge in [0.1, 0.15) is 12.4 Å². The molecule has 2 heterocycles. The first-order valence-electron chi connectivity index (χ1n) is 7.69. The summed E-state index contributed by atoms with van der Waals surface area (Å²) < 4.78 is 5.69.